The van der Waals surface area contributed by atoms with E-state index in [0.717, 1.165) is 12.8 Å². The number of carbonyl (C=O) groups is 3. The van der Waals surface area contributed by atoms with E-state index in [1.807, 2.05) is 0 Å². The van der Waals surface area contributed by atoms with Crippen LogP contribution in [-0.2, 0) is 9.59 Å². The fourth-order valence-corrected chi connectivity index (χ4v) is 3.62. The minimum Gasteiger partial charge on any atom is -0.497 e. The van der Waals surface area contributed by atoms with E-state index in [1.165, 1.54) is 4.90 Å². The summed E-state index contributed by atoms with van der Waals surface area (Å²) in [7, 11) is 1.56. The van der Waals surface area contributed by atoms with Crippen LogP contribution in [0.2, 0.25) is 0 Å². The summed E-state index contributed by atoms with van der Waals surface area (Å²) in [6, 6.07) is 11.9. The first-order valence-electron chi connectivity index (χ1n) is 9.85. The second-order valence-electron chi connectivity index (χ2n) is 7.23. The molecule has 4 rings (SSSR count). The van der Waals surface area contributed by atoms with Gasteiger partial charge in [-0.05, 0) is 43.2 Å². The van der Waals surface area contributed by atoms with Gasteiger partial charge in [-0.3, -0.25) is 19.3 Å². The molecule has 0 unspecified atom stereocenters. The number of likely N-dealkylation sites (tertiary alicyclic amines) is 1. The molecule has 2 aliphatic heterocycles. The molecule has 1 N–H and O–H groups in total. The molecule has 0 radical (unpaired) electrons. The predicted octanol–water partition coefficient (Wildman–Crippen LogP) is 2.30. The maximum absolute atomic E-state index is 12.7. The Morgan fingerprint density at radius 3 is 2.70 bits per heavy atom. The molecule has 0 aliphatic carbocycles. The predicted molar refractivity (Wildman–Crippen MR) is 111 cm³/mol. The first kappa shape index (κ1) is 19.8. The highest BCUT2D eigenvalue weighted by atomic mass is 16.5. The van der Waals surface area contributed by atoms with Crippen LogP contribution in [0, 0.1) is 0 Å². The molecule has 0 spiro atoms. The number of benzene rings is 2. The molecule has 2 aromatic rings. The summed E-state index contributed by atoms with van der Waals surface area (Å²) in [6.45, 7) is 1.24. The van der Waals surface area contributed by atoms with Crippen LogP contribution in [0.1, 0.15) is 23.2 Å². The molecule has 8 heteroatoms. The maximum atomic E-state index is 12.7. The number of carbonyl (C=O) groups excluding carboxylic acids is 3. The number of rotatable bonds is 5. The highest BCUT2D eigenvalue weighted by Crippen LogP contribution is 2.33. The Kier molecular flexibility index (Phi) is 5.56. The number of nitrogens with one attached hydrogen (secondary N) is 1. The Balaban J connectivity index is 1.55. The van der Waals surface area contributed by atoms with Gasteiger partial charge in [0.2, 0.25) is 5.91 Å². The maximum Gasteiger partial charge on any atom is 0.265 e. The van der Waals surface area contributed by atoms with Crippen LogP contribution in [0.5, 0.6) is 11.5 Å². The van der Waals surface area contributed by atoms with E-state index in [2.05, 4.69) is 5.32 Å². The van der Waals surface area contributed by atoms with Crippen LogP contribution in [0.15, 0.2) is 42.5 Å². The van der Waals surface area contributed by atoms with Gasteiger partial charge in [0.25, 0.3) is 11.8 Å². The SMILES string of the molecule is COc1cccc(NC(=O)c2ccc3c(c2)N(CC(=O)N2CCCC2)C(=O)CO3)c1. The normalized spacial score (nSPS) is 15.4. The molecule has 2 heterocycles. The minimum absolute atomic E-state index is 0.0594. The first-order valence-corrected chi connectivity index (χ1v) is 9.85. The standard InChI is InChI=1S/C22H23N3O5/c1-29-17-6-4-5-16(12-17)23-22(28)15-7-8-19-18(11-15)25(21(27)14-30-19)13-20(26)24-9-2-3-10-24/h4-8,11-12H,2-3,9-10,13-14H2,1H3,(H,23,28). The number of nitrogens with zero attached hydrogens (tertiary/aromatic N) is 2. The quantitative estimate of drug-likeness (QED) is 0.819. The molecule has 1 fully saturated rings. The van der Waals surface area contributed by atoms with Gasteiger partial charge < -0.3 is 19.7 Å². The largest absolute Gasteiger partial charge is 0.497 e. The molecule has 30 heavy (non-hydrogen) atoms. The lowest BCUT2D eigenvalue weighted by atomic mass is 10.1. The van der Waals surface area contributed by atoms with Crippen molar-refractivity contribution in [3.05, 3.63) is 48.0 Å². The first-order chi connectivity index (χ1) is 14.5. The second kappa shape index (κ2) is 8.44. The molecule has 8 nitrogen and oxygen atoms in total. The number of fused-ring (bicyclic) bond motifs is 1. The van der Waals surface area contributed by atoms with E-state index in [1.54, 1.807) is 54.5 Å². The Labute approximate surface area is 174 Å². The summed E-state index contributed by atoms with van der Waals surface area (Å²) in [6.07, 6.45) is 1.96. The number of ether oxygens (including phenoxy) is 2. The van der Waals surface area contributed by atoms with Gasteiger partial charge in [-0.2, -0.15) is 0 Å². The van der Waals surface area contributed by atoms with Crippen molar-refractivity contribution in [3.63, 3.8) is 0 Å². The van der Waals surface area contributed by atoms with Crippen molar-refractivity contribution in [2.24, 2.45) is 0 Å². The van der Waals surface area contributed by atoms with Crippen LogP contribution in [-0.4, -0.2) is 56.0 Å². The number of amides is 3. The molecular weight excluding hydrogens is 386 g/mol. The lowest BCUT2D eigenvalue weighted by Crippen LogP contribution is -2.46. The molecule has 156 valence electrons. The average Bonchev–Trinajstić information content (AvgIpc) is 3.30. The highest BCUT2D eigenvalue weighted by molar-refractivity contribution is 6.07. The van der Waals surface area contributed by atoms with Gasteiger partial charge in [-0.15, -0.1) is 0 Å². The topological polar surface area (TPSA) is 88.2 Å². The smallest absolute Gasteiger partial charge is 0.265 e. The summed E-state index contributed by atoms with van der Waals surface area (Å²) >= 11 is 0. The van der Waals surface area contributed by atoms with Gasteiger partial charge >= 0.3 is 0 Å². The second-order valence-corrected chi connectivity index (χ2v) is 7.23. The number of anilines is 2. The van der Waals surface area contributed by atoms with Crippen molar-refractivity contribution < 1.29 is 23.9 Å². The summed E-state index contributed by atoms with van der Waals surface area (Å²) in [5.41, 5.74) is 1.37. The Bertz CT molecular complexity index is 984. The third-order valence-corrected chi connectivity index (χ3v) is 5.24. The van der Waals surface area contributed by atoms with Crippen LogP contribution >= 0.6 is 0 Å². The molecule has 1 saturated heterocycles. The molecule has 0 aromatic heterocycles. The lowest BCUT2D eigenvalue weighted by Gasteiger charge is -2.30. The highest BCUT2D eigenvalue weighted by Gasteiger charge is 2.30. The van der Waals surface area contributed by atoms with Crippen molar-refractivity contribution in [1.29, 1.82) is 0 Å². The van der Waals surface area contributed by atoms with Crippen LogP contribution in [0.3, 0.4) is 0 Å². The van der Waals surface area contributed by atoms with Crippen molar-refractivity contribution in [2.75, 3.05) is 43.6 Å². The van der Waals surface area contributed by atoms with Gasteiger partial charge in [0.1, 0.15) is 18.0 Å². The molecule has 2 aromatic carbocycles. The van der Waals surface area contributed by atoms with Crippen molar-refractivity contribution >= 4 is 29.1 Å². The van der Waals surface area contributed by atoms with Crippen molar-refractivity contribution in [1.82, 2.24) is 4.90 Å². The summed E-state index contributed by atoms with van der Waals surface area (Å²) in [5.74, 6) is 0.362. The third kappa shape index (κ3) is 4.07. The van der Waals surface area contributed by atoms with Crippen LogP contribution < -0.4 is 19.7 Å². The molecule has 0 bridgehead atoms. The minimum atomic E-state index is -0.338. The van der Waals surface area contributed by atoms with Crippen molar-refractivity contribution in [3.8, 4) is 11.5 Å². The van der Waals surface area contributed by atoms with Gasteiger partial charge in [-0.25, -0.2) is 0 Å². The Morgan fingerprint density at radius 1 is 1.13 bits per heavy atom. The molecule has 3 amide bonds. The van der Waals surface area contributed by atoms with E-state index in [0.29, 0.717) is 41.5 Å². The van der Waals surface area contributed by atoms with Gasteiger partial charge in [0.05, 0.1) is 12.8 Å². The monoisotopic (exact) mass is 409 g/mol. The summed E-state index contributed by atoms with van der Waals surface area (Å²) in [4.78, 5) is 41.0. The fourth-order valence-electron chi connectivity index (χ4n) is 3.62. The fraction of sp³-hybridized carbons (Fsp3) is 0.318. The molecule has 2 aliphatic rings. The van der Waals surface area contributed by atoms with Gasteiger partial charge in [0, 0.05) is 30.4 Å². The molecule has 0 saturated carbocycles. The van der Waals surface area contributed by atoms with E-state index >= 15 is 0 Å². The van der Waals surface area contributed by atoms with Crippen molar-refractivity contribution in [2.45, 2.75) is 12.8 Å². The van der Waals surface area contributed by atoms with Gasteiger partial charge in [0.15, 0.2) is 6.61 Å². The average molecular weight is 409 g/mol. The summed E-state index contributed by atoms with van der Waals surface area (Å²) in [5, 5.41) is 2.81. The zero-order chi connectivity index (χ0) is 21.1. The van der Waals surface area contributed by atoms with E-state index in [4.69, 9.17) is 9.47 Å². The number of methoxy groups -OCH3 is 1. The van der Waals surface area contributed by atoms with Crippen LogP contribution in [0.25, 0.3) is 0 Å². The Morgan fingerprint density at radius 2 is 1.93 bits per heavy atom. The lowest BCUT2D eigenvalue weighted by molar-refractivity contribution is -0.131. The molecule has 0 atom stereocenters. The molecular formula is C22H23N3O5. The van der Waals surface area contributed by atoms with Crippen LogP contribution in [0.4, 0.5) is 11.4 Å². The van der Waals surface area contributed by atoms with E-state index in [-0.39, 0.29) is 30.9 Å². The number of hydrogen-bond donors (Lipinski definition) is 1. The van der Waals surface area contributed by atoms with Gasteiger partial charge in [-0.1, -0.05) is 6.07 Å². The van der Waals surface area contributed by atoms with E-state index < -0.39 is 0 Å². The third-order valence-electron chi connectivity index (χ3n) is 5.24. The zero-order valence-corrected chi connectivity index (χ0v) is 16.7. The van der Waals surface area contributed by atoms with E-state index in [9.17, 15) is 14.4 Å². The zero-order valence-electron chi connectivity index (χ0n) is 16.7. The Hall–Kier alpha value is -3.55. The summed E-state index contributed by atoms with van der Waals surface area (Å²) < 4.78 is 10.7. The number of hydrogen-bond acceptors (Lipinski definition) is 5.